The van der Waals surface area contributed by atoms with Gasteiger partial charge in [0.2, 0.25) is 0 Å². The maximum absolute atomic E-state index is 12.6. The van der Waals surface area contributed by atoms with Gasteiger partial charge in [0.15, 0.2) is 6.10 Å². The zero-order chi connectivity index (χ0) is 23.3. The van der Waals surface area contributed by atoms with E-state index in [1.165, 1.54) is 6.07 Å². The van der Waals surface area contributed by atoms with Crippen LogP contribution in [0.3, 0.4) is 0 Å². The lowest BCUT2D eigenvalue weighted by molar-refractivity contribution is -0.142. The van der Waals surface area contributed by atoms with Crippen LogP contribution in [0.1, 0.15) is 37.0 Å². The van der Waals surface area contributed by atoms with Crippen molar-refractivity contribution in [2.24, 2.45) is 0 Å². The number of hydrogen-bond donors (Lipinski definition) is 2. The van der Waals surface area contributed by atoms with Crippen LogP contribution in [-0.4, -0.2) is 29.1 Å². The highest BCUT2D eigenvalue weighted by molar-refractivity contribution is 5.87. The summed E-state index contributed by atoms with van der Waals surface area (Å²) in [5.41, 5.74) is 2.31. The van der Waals surface area contributed by atoms with Crippen LogP contribution in [0.25, 0.3) is 11.0 Å². The second-order valence-corrected chi connectivity index (χ2v) is 7.76. The Morgan fingerprint density at radius 2 is 1.88 bits per heavy atom. The van der Waals surface area contributed by atoms with Gasteiger partial charge < -0.3 is 19.6 Å². The molecule has 0 spiro atoms. The fourth-order valence-corrected chi connectivity index (χ4v) is 3.59. The Bertz CT molecular complexity index is 1170. The van der Waals surface area contributed by atoms with Gasteiger partial charge in [0, 0.05) is 23.4 Å². The van der Waals surface area contributed by atoms with Gasteiger partial charge in [-0.2, -0.15) is 0 Å². The van der Waals surface area contributed by atoms with Crippen LogP contribution in [-0.2, 0) is 22.4 Å². The van der Waals surface area contributed by atoms with Crippen LogP contribution in [0.5, 0.6) is 5.75 Å². The molecule has 2 N–H and O–H groups in total. The minimum absolute atomic E-state index is 0.162. The molecule has 0 saturated carbocycles. The van der Waals surface area contributed by atoms with E-state index in [0.717, 1.165) is 29.4 Å². The summed E-state index contributed by atoms with van der Waals surface area (Å²) in [6.07, 6.45) is 0.850. The summed E-state index contributed by atoms with van der Waals surface area (Å²) in [6.45, 7) is 5.34. The number of rotatable bonds is 9. The summed E-state index contributed by atoms with van der Waals surface area (Å²) in [5.74, 6) is -1.28. The van der Waals surface area contributed by atoms with E-state index in [-0.39, 0.29) is 6.42 Å². The van der Waals surface area contributed by atoms with E-state index < -0.39 is 29.6 Å². The molecule has 3 rings (SSSR count). The zero-order valence-electron chi connectivity index (χ0n) is 18.4. The lowest BCUT2D eigenvalue weighted by Gasteiger charge is -2.20. The highest BCUT2D eigenvalue weighted by Crippen LogP contribution is 2.29. The molecule has 7 nitrogen and oxygen atoms in total. The largest absolute Gasteiger partial charge is 0.480 e. The highest BCUT2D eigenvalue weighted by Gasteiger charge is 2.25. The number of carboxylic acids is 1. The van der Waals surface area contributed by atoms with Crippen molar-refractivity contribution in [2.45, 2.75) is 52.2 Å². The first-order valence-corrected chi connectivity index (χ1v) is 10.6. The van der Waals surface area contributed by atoms with Gasteiger partial charge in [0.25, 0.3) is 5.91 Å². The summed E-state index contributed by atoms with van der Waals surface area (Å²) < 4.78 is 11.2. The van der Waals surface area contributed by atoms with Gasteiger partial charge in [-0.3, -0.25) is 4.79 Å². The van der Waals surface area contributed by atoms with Crippen LogP contribution in [0.4, 0.5) is 0 Å². The van der Waals surface area contributed by atoms with Crippen molar-refractivity contribution in [3.05, 3.63) is 75.6 Å². The van der Waals surface area contributed by atoms with Gasteiger partial charge in [-0.05, 0) is 43.5 Å². The average Bonchev–Trinajstić information content (AvgIpc) is 2.76. The van der Waals surface area contributed by atoms with Crippen molar-refractivity contribution in [1.82, 2.24) is 5.32 Å². The Morgan fingerprint density at radius 1 is 1.16 bits per heavy atom. The van der Waals surface area contributed by atoms with Gasteiger partial charge in [0.05, 0.1) is 0 Å². The monoisotopic (exact) mass is 437 g/mol. The molecule has 1 heterocycles. The number of aryl methyl sites for hydroxylation is 2. The number of fused-ring (bicyclic) bond motifs is 1. The third kappa shape index (κ3) is 5.35. The summed E-state index contributed by atoms with van der Waals surface area (Å²) in [7, 11) is 0. The molecule has 7 heteroatoms. The fourth-order valence-electron chi connectivity index (χ4n) is 3.59. The fraction of sp³-hybridized carbons (Fsp3) is 0.320. The quantitative estimate of drug-likeness (QED) is 0.495. The molecule has 0 bridgehead atoms. The second-order valence-electron chi connectivity index (χ2n) is 7.76. The molecule has 32 heavy (non-hydrogen) atoms. The first-order chi connectivity index (χ1) is 15.3. The molecule has 1 amide bonds. The van der Waals surface area contributed by atoms with Crippen molar-refractivity contribution in [3.8, 4) is 5.75 Å². The molecule has 0 aliphatic rings. The van der Waals surface area contributed by atoms with E-state index in [1.807, 2.05) is 31.2 Å². The number of carbonyl (C=O) groups is 2. The molecular formula is C25H27NO6. The van der Waals surface area contributed by atoms with E-state index in [1.54, 1.807) is 32.0 Å². The van der Waals surface area contributed by atoms with E-state index in [9.17, 15) is 19.5 Å². The molecule has 0 radical (unpaired) electrons. The van der Waals surface area contributed by atoms with E-state index >= 15 is 0 Å². The van der Waals surface area contributed by atoms with Gasteiger partial charge in [-0.25, -0.2) is 9.59 Å². The van der Waals surface area contributed by atoms with Crippen LogP contribution >= 0.6 is 0 Å². The van der Waals surface area contributed by atoms with Gasteiger partial charge in [-0.15, -0.1) is 0 Å². The van der Waals surface area contributed by atoms with E-state index in [4.69, 9.17) is 9.15 Å². The number of amides is 1. The number of carbonyl (C=O) groups excluding carboxylic acids is 1. The maximum atomic E-state index is 12.6. The summed E-state index contributed by atoms with van der Waals surface area (Å²) in [4.78, 5) is 36.3. The highest BCUT2D eigenvalue weighted by atomic mass is 16.5. The molecule has 1 aromatic heterocycles. The molecule has 2 aromatic carbocycles. The molecular weight excluding hydrogens is 410 g/mol. The molecule has 0 aliphatic carbocycles. The average molecular weight is 437 g/mol. The van der Waals surface area contributed by atoms with E-state index in [0.29, 0.717) is 16.9 Å². The summed E-state index contributed by atoms with van der Waals surface area (Å²) in [5, 5.41) is 12.9. The van der Waals surface area contributed by atoms with Crippen LogP contribution in [0.15, 0.2) is 57.7 Å². The molecule has 0 unspecified atom stereocenters. The summed E-state index contributed by atoms with van der Waals surface area (Å²) in [6, 6.07) is 13.0. The molecule has 0 fully saturated rings. The topological polar surface area (TPSA) is 106 Å². The third-order valence-electron chi connectivity index (χ3n) is 5.29. The van der Waals surface area contributed by atoms with Gasteiger partial charge in [-0.1, -0.05) is 43.7 Å². The van der Waals surface area contributed by atoms with Crippen molar-refractivity contribution in [2.75, 3.05) is 0 Å². The van der Waals surface area contributed by atoms with Gasteiger partial charge >= 0.3 is 11.6 Å². The van der Waals surface area contributed by atoms with Gasteiger partial charge in [0.1, 0.15) is 17.4 Å². The molecule has 3 aromatic rings. The number of hydrogen-bond acceptors (Lipinski definition) is 5. The maximum Gasteiger partial charge on any atom is 0.336 e. The number of aliphatic carboxylic acids is 1. The smallest absolute Gasteiger partial charge is 0.336 e. The minimum Gasteiger partial charge on any atom is -0.480 e. The Balaban J connectivity index is 1.77. The predicted octanol–water partition coefficient (Wildman–Crippen LogP) is 3.63. The standard InChI is InChI=1S/C25H27NO6/c1-4-8-18-14-22(27)32-23-15(2)21(12-11-19(18)23)31-16(3)24(28)26-20(25(29)30)13-17-9-6-5-7-10-17/h5-7,9-12,14,16,20H,4,8,13H2,1-3H3,(H,26,28)(H,29,30)/t16-,20+/m0/s1. The Hall–Kier alpha value is -3.61. The Labute approximate surface area is 186 Å². The van der Waals surface area contributed by atoms with Crippen molar-refractivity contribution in [3.63, 3.8) is 0 Å². The summed E-state index contributed by atoms with van der Waals surface area (Å²) >= 11 is 0. The number of carboxylic acid groups (broad SMARTS) is 1. The first kappa shape index (κ1) is 23.1. The van der Waals surface area contributed by atoms with Crippen LogP contribution in [0.2, 0.25) is 0 Å². The van der Waals surface area contributed by atoms with Crippen molar-refractivity contribution in [1.29, 1.82) is 0 Å². The third-order valence-corrected chi connectivity index (χ3v) is 5.29. The Kier molecular flexibility index (Phi) is 7.30. The number of benzene rings is 2. The SMILES string of the molecule is CCCc1cc(=O)oc2c(C)c(O[C@@H](C)C(=O)N[C@H](Cc3ccccc3)C(=O)O)ccc12. The van der Waals surface area contributed by atoms with Crippen LogP contribution < -0.4 is 15.7 Å². The van der Waals surface area contributed by atoms with E-state index in [2.05, 4.69) is 5.32 Å². The normalized spacial score (nSPS) is 12.8. The lowest BCUT2D eigenvalue weighted by atomic mass is 10.0. The number of ether oxygens (including phenoxy) is 1. The van der Waals surface area contributed by atoms with Crippen LogP contribution in [0, 0.1) is 6.92 Å². The first-order valence-electron chi connectivity index (χ1n) is 10.6. The van der Waals surface area contributed by atoms with Crippen molar-refractivity contribution < 1.29 is 23.8 Å². The Morgan fingerprint density at radius 3 is 2.53 bits per heavy atom. The minimum atomic E-state index is -1.12. The predicted molar refractivity (Wildman–Crippen MR) is 121 cm³/mol. The number of nitrogens with one attached hydrogen (secondary N) is 1. The second kappa shape index (κ2) is 10.1. The van der Waals surface area contributed by atoms with Crippen molar-refractivity contribution >= 4 is 22.8 Å². The lowest BCUT2D eigenvalue weighted by Crippen LogP contribution is -2.47. The molecule has 2 atom stereocenters. The molecule has 0 saturated heterocycles. The zero-order valence-corrected chi connectivity index (χ0v) is 18.4. The molecule has 0 aliphatic heterocycles. The molecule has 168 valence electrons.